The number of hydrogen-bond acceptors (Lipinski definition) is 6. The van der Waals surface area contributed by atoms with Crippen LogP contribution < -0.4 is 0 Å². The maximum atomic E-state index is 10.6. The molecule has 0 spiro atoms. The fraction of sp³-hybridized carbons (Fsp3) is 0.667. The van der Waals surface area contributed by atoms with Crippen LogP contribution in [0, 0.1) is 0 Å². The molecule has 0 saturated carbocycles. The number of rotatable bonds is 2. The van der Waals surface area contributed by atoms with Gasteiger partial charge in [-0.25, -0.2) is 4.79 Å². The number of Topliss-reactive ketones (excluding diaryl/α,β-unsaturated/α-hetero) is 1. The van der Waals surface area contributed by atoms with Gasteiger partial charge in [0.05, 0.1) is 6.61 Å². The first-order valence-electron chi connectivity index (χ1n) is 3.29. The molecule has 6 heteroatoms. The summed E-state index contributed by atoms with van der Waals surface area (Å²) in [5.41, 5.74) is 0. The van der Waals surface area contributed by atoms with Crippen LogP contribution in [0.15, 0.2) is 0 Å². The molecule has 1 aliphatic heterocycles. The summed E-state index contributed by atoms with van der Waals surface area (Å²) in [4.78, 5) is 21.1. The van der Waals surface area contributed by atoms with Crippen LogP contribution in [0.2, 0.25) is 0 Å². The van der Waals surface area contributed by atoms with Crippen LogP contribution in [0.1, 0.15) is 0 Å². The van der Waals surface area contributed by atoms with E-state index in [4.69, 9.17) is 15.3 Å². The van der Waals surface area contributed by atoms with Gasteiger partial charge in [0.1, 0.15) is 6.10 Å². The van der Waals surface area contributed by atoms with E-state index in [1.807, 2.05) is 0 Å². The van der Waals surface area contributed by atoms with Crippen LogP contribution in [0.5, 0.6) is 0 Å². The molecule has 0 aliphatic carbocycles. The van der Waals surface area contributed by atoms with E-state index in [0.29, 0.717) is 0 Å². The molecular weight excluding hydrogens is 168 g/mol. The molecule has 0 aromatic rings. The van der Waals surface area contributed by atoms with Gasteiger partial charge in [-0.2, -0.15) is 0 Å². The maximum absolute atomic E-state index is 10.6. The fourth-order valence-electron chi connectivity index (χ4n) is 0.909. The van der Waals surface area contributed by atoms with Crippen molar-refractivity contribution >= 4 is 11.8 Å². The molecule has 0 aromatic carbocycles. The average molecular weight is 176 g/mol. The summed E-state index contributed by atoms with van der Waals surface area (Å²) in [5.74, 6) is -2.27. The molecule has 0 aromatic heterocycles. The topological polar surface area (TPSA) is 104 Å². The van der Waals surface area contributed by atoms with E-state index in [0.717, 1.165) is 0 Å². The van der Waals surface area contributed by atoms with Gasteiger partial charge in [-0.3, -0.25) is 4.79 Å². The van der Waals surface area contributed by atoms with Crippen molar-refractivity contribution in [3.8, 4) is 0 Å². The second-order valence-corrected chi connectivity index (χ2v) is 2.43. The molecular formula is C6H8O6. The molecule has 12 heavy (non-hydrogen) atoms. The van der Waals surface area contributed by atoms with E-state index < -0.39 is 36.7 Å². The van der Waals surface area contributed by atoms with Crippen LogP contribution in [0.3, 0.4) is 0 Å². The third kappa shape index (κ3) is 1.31. The largest absolute Gasteiger partial charge is 0.450 e. The number of ether oxygens (including phenoxy) is 1. The minimum atomic E-state index is -1.67. The fourth-order valence-corrected chi connectivity index (χ4v) is 0.909. The van der Waals surface area contributed by atoms with Crippen LogP contribution in [0.25, 0.3) is 0 Å². The molecule has 68 valence electrons. The molecule has 1 heterocycles. The predicted octanol–water partition coefficient (Wildman–Crippen LogP) is -2.81. The van der Waals surface area contributed by atoms with Crippen molar-refractivity contribution in [1.29, 1.82) is 0 Å². The average Bonchev–Trinajstić information content (AvgIpc) is 2.32. The highest BCUT2D eigenvalue weighted by Gasteiger charge is 2.45. The van der Waals surface area contributed by atoms with E-state index in [-0.39, 0.29) is 0 Å². The normalized spacial score (nSPS) is 31.9. The van der Waals surface area contributed by atoms with Crippen LogP contribution in [0.4, 0.5) is 0 Å². The SMILES string of the molecule is O=C1OC(C(O)CO)C(O)C1=O. The molecule has 0 radical (unpaired) electrons. The third-order valence-electron chi connectivity index (χ3n) is 1.59. The molecule has 3 N–H and O–H groups in total. The minimum absolute atomic E-state index is 0.678. The molecule has 1 rings (SSSR count). The summed E-state index contributed by atoms with van der Waals surface area (Å²) in [5, 5.41) is 26.3. The number of ketones is 1. The van der Waals surface area contributed by atoms with Gasteiger partial charge in [0, 0.05) is 0 Å². The number of cyclic esters (lactones) is 1. The van der Waals surface area contributed by atoms with Crippen molar-refractivity contribution in [3.63, 3.8) is 0 Å². The number of carbonyl (C=O) groups is 2. The standard InChI is InChI=1S/C6H8O6/c7-1-2(8)5-3(9)4(10)6(11)12-5/h2-3,5,7-9H,1H2. The maximum Gasteiger partial charge on any atom is 0.378 e. The molecule has 3 atom stereocenters. The van der Waals surface area contributed by atoms with Gasteiger partial charge in [-0.15, -0.1) is 0 Å². The van der Waals surface area contributed by atoms with Gasteiger partial charge in [-0.1, -0.05) is 0 Å². The molecule has 1 aliphatic rings. The Bertz CT molecular complexity index is 212. The summed E-state index contributed by atoms with van der Waals surface area (Å²) >= 11 is 0. The molecule has 1 saturated heterocycles. The van der Waals surface area contributed by atoms with E-state index >= 15 is 0 Å². The smallest absolute Gasteiger partial charge is 0.378 e. The Morgan fingerprint density at radius 3 is 2.42 bits per heavy atom. The van der Waals surface area contributed by atoms with Crippen LogP contribution >= 0.6 is 0 Å². The van der Waals surface area contributed by atoms with E-state index in [1.165, 1.54) is 0 Å². The summed E-state index contributed by atoms with van der Waals surface area (Å²) < 4.78 is 4.29. The number of aliphatic hydroxyl groups excluding tert-OH is 3. The lowest BCUT2D eigenvalue weighted by atomic mass is 10.1. The summed E-state index contributed by atoms with van der Waals surface area (Å²) in [7, 11) is 0. The Kier molecular flexibility index (Phi) is 2.41. The third-order valence-corrected chi connectivity index (χ3v) is 1.59. The summed E-state index contributed by atoms with van der Waals surface area (Å²) in [6.45, 7) is -0.678. The van der Waals surface area contributed by atoms with Gasteiger partial charge in [0.15, 0.2) is 12.2 Å². The lowest BCUT2D eigenvalue weighted by Gasteiger charge is -2.15. The number of aliphatic hydroxyl groups is 3. The molecule has 0 bridgehead atoms. The summed E-state index contributed by atoms with van der Waals surface area (Å²) in [6, 6.07) is 0. The lowest BCUT2D eigenvalue weighted by Crippen LogP contribution is -2.38. The second kappa shape index (κ2) is 3.18. The van der Waals surface area contributed by atoms with Crippen molar-refractivity contribution in [1.82, 2.24) is 0 Å². The van der Waals surface area contributed by atoms with Crippen molar-refractivity contribution in [2.75, 3.05) is 6.61 Å². The van der Waals surface area contributed by atoms with Gasteiger partial charge in [0.2, 0.25) is 0 Å². The number of carbonyl (C=O) groups excluding carboxylic acids is 2. The van der Waals surface area contributed by atoms with E-state index in [2.05, 4.69) is 4.74 Å². The highest BCUT2D eigenvalue weighted by atomic mass is 16.6. The Morgan fingerprint density at radius 1 is 1.50 bits per heavy atom. The van der Waals surface area contributed by atoms with Gasteiger partial charge in [-0.05, 0) is 0 Å². The number of esters is 1. The Morgan fingerprint density at radius 2 is 2.08 bits per heavy atom. The number of hydrogen-bond donors (Lipinski definition) is 3. The first kappa shape index (κ1) is 9.11. The van der Waals surface area contributed by atoms with Crippen LogP contribution in [-0.4, -0.2) is 52.0 Å². The molecule has 1 fully saturated rings. The Labute approximate surface area is 67.4 Å². The first-order chi connectivity index (χ1) is 5.57. The zero-order valence-corrected chi connectivity index (χ0v) is 6.01. The monoisotopic (exact) mass is 176 g/mol. The second-order valence-electron chi connectivity index (χ2n) is 2.43. The van der Waals surface area contributed by atoms with E-state index in [1.54, 1.807) is 0 Å². The van der Waals surface area contributed by atoms with Gasteiger partial charge in [0.25, 0.3) is 5.78 Å². The van der Waals surface area contributed by atoms with Crippen molar-refractivity contribution in [3.05, 3.63) is 0 Å². The van der Waals surface area contributed by atoms with E-state index in [9.17, 15) is 9.59 Å². The van der Waals surface area contributed by atoms with Crippen molar-refractivity contribution < 1.29 is 29.6 Å². The zero-order valence-electron chi connectivity index (χ0n) is 6.01. The van der Waals surface area contributed by atoms with Crippen LogP contribution in [-0.2, 0) is 14.3 Å². The Balaban J connectivity index is 2.70. The zero-order chi connectivity index (χ0) is 9.30. The highest BCUT2D eigenvalue weighted by molar-refractivity contribution is 6.37. The van der Waals surface area contributed by atoms with Gasteiger partial charge >= 0.3 is 5.97 Å². The molecule has 0 amide bonds. The quantitative estimate of drug-likeness (QED) is 0.310. The molecule has 6 nitrogen and oxygen atoms in total. The lowest BCUT2D eigenvalue weighted by molar-refractivity contribution is -0.152. The summed E-state index contributed by atoms with van der Waals surface area (Å²) in [6.07, 6.45) is -4.43. The van der Waals surface area contributed by atoms with Gasteiger partial charge < -0.3 is 20.1 Å². The first-order valence-corrected chi connectivity index (χ1v) is 3.29. The highest BCUT2D eigenvalue weighted by Crippen LogP contribution is 2.14. The molecule has 3 unspecified atom stereocenters. The predicted molar refractivity (Wildman–Crippen MR) is 34.0 cm³/mol. The van der Waals surface area contributed by atoms with Crippen molar-refractivity contribution in [2.24, 2.45) is 0 Å². The Hall–Kier alpha value is -0.980. The van der Waals surface area contributed by atoms with Crippen molar-refractivity contribution in [2.45, 2.75) is 18.3 Å². The minimum Gasteiger partial charge on any atom is -0.450 e.